The fourth-order valence-corrected chi connectivity index (χ4v) is 2.90. The summed E-state index contributed by atoms with van der Waals surface area (Å²) in [5, 5.41) is 2.84. The van der Waals surface area contributed by atoms with E-state index >= 15 is 0 Å². The lowest BCUT2D eigenvalue weighted by molar-refractivity contribution is 0.0949. The molecule has 0 radical (unpaired) electrons. The lowest BCUT2D eigenvalue weighted by Crippen LogP contribution is -2.36. The lowest BCUT2D eigenvalue weighted by Gasteiger charge is -2.30. The van der Waals surface area contributed by atoms with E-state index in [1.165, 1.54) is 32.1 Å². The molecule has 2 rings (SSSR count). The summed E-state index contributed by atoms with van der Waals surface area (Å²) in [6, 6.07) is 4.25. The lowest BCUT2D eigenvalue weighted by atomic mass is 10.0. The molecule has 1 aromatic carbocycles. The third-order valence-corrected chi connectivity index (χ3v) is 4.09. The first kappa shape index (κ1) is 16.7. The summed E-state index contributed by atoms with van der Waals surface area (Å²) in [5.74, 6) is 0.160. The van der Waals surface area contributed by atoms with Crippen LogP contribution in [-0.2, 0) is 0 Å². The predicted octanol–water partition coefficient (Wildman–Crippen LogP) is 2.69. The van der Waals surface area contributed by atoms with Crippen molar-refractivity contribution in [3.63, 3.8) is 0 Å². The molecular weight excluding hydrogens is 283 g/mol. The molecule has 22 heavy (non-hydrogen) atoms. The first-order valence-electron chi connectivity index (χ1n) is 7.94. The van der Waals surface area contributed by atoms with Gasteiger partial charge in [-0.15, -0.1) is 0 Å². The normalized spacial score (nSPS) is 19.0. The molecule has 4 nitrogen and oxygen atoms in total. The highest BCUT2D eigenvalue weighted by Gasteiger charge is 2.15. The number of piperidine rings is 1. The van der Waals surface area contributed by atoms with E-state index in [1.54, 1.807) is 6.07 Å². The number of carbonyl (C=O) groups is 1. The van der Waals surface area contributed by atoms with Crippen LogP contribution in [0.1, 0.15) is 36.5 Å². The highest BCUT2D eigenvalue weighted by molar-refractivity contribution is 5.94. The Labute approximate surface area is 131 Å². The molecule has 122 valence electrons. The molecule has 1 unspecified atom stereocenters. The van der Waals surface area contributed by atoms with Crippen molar-refractivity contribution in [3.8, 4) is 5.75 Å². The van der Waals surface area contributed by atoms with E-state index in [2.05, 4.69) is 17.1 Å². The van der Waals surface area contributed by atoms with Crippen molar-refractivity contribution >= 4 is 5.91 Å². The molecule has 0 bridgehead atoms. The fourth-order valence-electron chi connectivity index (χ4n) is 2.90. The van der Waals surface area contributed by atoms with Gasteiger partial charge in [0.15, 0.2) is 11.6 Å². The van der Waals surface area contributed by atoms with Crippen molar-refractivity contribution < 1.29 is 13.9 Å². The Hall–Kier alpha value is -1.62. The van der Waals surface area contributed by atoms with E-state index in [9.17, 15) is 9.18 Å². The molecule has 1 N–H and O–H groups in total. The first-order chi connectivity index (χ1) is 10.6. The highest BCUT2D eigenvalue weighted by Crippen LogP contribution is 2.17. The van der Waals surface area contributed by atoms with E-state index in [0.717, 1.165) is 32.0 Å². The molecule has 0 aliphatic carbocycles. The van der Waals surface area contributed by atoms with Crippen LogP contribution in [0.15, 0.2) is 18.2 Å². The number of benzene rings is 1. The molecule has 1 heterocycles. The molecule has 1 aromatic rings. The maximum atomic E-state index is 13.6. The summed E-state index contributed by atoms with van der Waals surface area (Å²) in [4.78, 5) is 14.4. The Morgan fingerprint density at radius 2 is 2.32 bits per heavy atom. The molecule has 0 aromatic heterocycles. The maximum Gasteiger partial charge on any atom is 0.251 e. The monoisotopic (exact) mass is 308 g/mol. The minimum absolute atomic E-state index is 0.149. The molecule has 1 saturated heterocycles. The van der Waals surface area contributed by atoms with Crippen molar-refractivity contribution in [1.82, 2.24) is 10.2 Å². The molecule has 1 atom stereocenters. The Balaban J connectivity index is 1.72. The number of methoxy groups -OCH3 is 1. The third kappa shape index (κ3) is 4.70. The molecule has 0 spiro atoms. The number of nitrogens with zero attached hydrogens (tertiary/aromatic N) is 1. The number of nitrogens with one attached hydrogen (secondary N) is 1. The molecule has 5 heteroatoms. The zero-order chi connectivity index (χ0) is 15.9. The SMILES string of the molecule is COc1ccc(C(=O)NCCCN2CCCC(C)C2)cc1F. The number of hydrogen-bond acceptors (Lipinski definition) is 3. The molecule has 1 aliphatic rings. The number of rotatable bonds is 6. The molecule has 0 saturated carbocycles. The van der Waals surface area contributed by atoms with E-state index < -0.39 is 5.82 Å². The van der Waals surface area contributed by atoms with Crippen molar-refractivity contribution in [2.24, 2.45) is 5.92 Å². The zero-order valence-corrected chi connectivity index (χ0v) is 13.4. The Morgan fingerprint density at radius 1 is 1.50 bits per heavy atom. The smallest absolute Gasteiger partial charge is 0.251 e. The Morgan fingerprint density at radius 3 is 3.00 bits per heavy atom. The second-order valence-corrected chi connectivity index (χ2v) is 6.01. The molecular formula is C17H25FN2O2. The average Bonchev–Trinajstić information content (AvgIpc) is 2.51. The van der Waals surface area contributed by atoms with Crippen molar-refractivity contribution in [3.05, 3.63) is 29.6 Å². The van der Waals surface area contributed by atoms with E-state index in [-0.39, 0.29) is 11.7 Å². The largest absolute Gasteiger partial charge is 0.494 e. The van der Waals surface area contributed by atoms with Crippen LogP contribution in [0.4, 0.5) is 4.39 Å². The van der Waals surface area contributed by atoms with Crippen molar-refractivity contribution in [2.45, 2.75) is 26.2 Å². The van der Waals surface area contributed by atoms with E-state index in [1.807, 2.05) is 0 Å². The van der Waals surface area contributed by atoms with Crippen LogP contribution in [0.25, 0.3) is 0 Å². The van der Waals surface area contributed by atoms with Gasteiger partial charge in [0.25, 0.3) is 5.91 Å². The van der Waals surface area contributed by atoms with Gasteiger partial charge in [0, 0.05) is 18.7 Å². The second kappa shape index (κ2) is 8.13. The van der Waals surface area contributed by atoms with Gasteiger partial charge < -0.3 is 15.0 Å². The second-order valence-electron chi connectivity index (χ2n) is 6.01. The summed E-state index contributed by atoms with van der Waals surface area (Å²) in [5.41, 5.74) is 0.324. The average molecular weight is 308 g/mol. The third-order valence-electron chi connectivity index (χ3n) is 4.09. The van der Waals surface area contributed by atoms with Gasteiger partial charge in [0.2, 0.25) is 0 Å². The molecule has 1 amide bonds. The first-order valence-corrected chi connectivity index (χ1v) is 7.94. The quantitative estimate of drug-likeness (QED) is 0.822. The number of likely N-dealkylation sites (tertiary alicyclic amines) is 1. The van der Waals surface area contributed by atoms with Gasteiger partial charge in [-0.05, 0) is 56.5 Å². The summed E-state index contributed by atoms with van der Waals surface area (Å²) in [6.07, 6.45) is 3.49. The number of ether oxygens (including phenoxy) is 1. The Kier molecular flexibility index (Phi) is 6.19. The maximum absolute atomic E-state index is 13.6. The van der Waals surface area contributed by atoms with Crippen LogP contribution in [0.5, 0.6) is 5.75 Å². The van der Waals surface area contributed by atoms with Crippen LogP contribution < -0.4 is 10.1 Å². The number of amides is 1. The minimum Gasteiger partial charge on any atom is -0.494 e. The Bertz CT molecular complexity index is 507. The fraction of sp³-hybridized carbons (Fsp3) is 0.588. The van der Waals surface area contributed by atoms with Gasteiger partial charge in [0.1, 0.15) is 0 Å². The molecule has 1 fully saturated rings. The standard InChI is InChI=1S/C17H25FN2O2/c1-13-5-3-9-20(12-13)10-4-8-19-17(21)14-6-7-16(22-2)15(18)11-14/h6-7,11,13H,3-5,8-10,12H2,1-2H3,(H,19,21). The van der Waals surface area contributed by atoms with Gasteiger partial charge in [-0.1, -0.05) is 6.92 Å². The van der Waals surface area contributed by atoms with Crippen LogP contribution in [0.3, 0.4) is 0 Å². The van der Waals surface area contributed by atoms with E-state index in [4.69, 9.17) is 4.74 Å². The zero-order valence-electron chi connectivity index (χ0n) is 13.4. The topological polar surface area (TPSA) is 41.6 Å². The minimum atomic E-state index is -0.516. The van der Waals surface area contributed by atoms with Crippen LogP contribution >= 0.6 is 0 Å². The summed E-state index contributed by atoms with van der Waals surface area (Å²) in [6.45, 7) is 6.20. The van der Waals surface area contributed by atoms with Gasteiger partial charge in [-0.25, -0.2) is 4.39 Å². The van der Waals surface area contributed by atoms with Gasteiger partial charge in [-0.2, -0.15) is 0 Å². The number of halogens is 1. The van der Waals surface area contributed by atoms with Crippen molar-refractivity contribution in [1.29, 1.82) is 0 Å². The van der Waals surface area contributed by atoms with Gasteiger partial charge in [-0.3, -0.25) is 4.79 Å². The summed E-state index contributed by atoms with van der Waals surface area (Å²) in [7, 11) is 1.40. The van der Waals surface area contributed by atoms with Gasteiger partial charge in [0.05, 0.1) is 7.11 Å². The number of carbonyl (C=O) groups excluding carboxylic acids is 1. The summed E-state index contributed by atoms with van der Waals surface area (Å²) < 4.78 is 18.4. The van der Waals surface area contributed by atoms with Crippen molar-refractivity contribution in [2.75, 3.05) is 33.3 Å². The molecule has 1 aliphatic heterocycles. The predicted molar refractivity (Wildman–Crippen MR) is 84.7 cm³/mol. The van der Waals surface area contributed by atoms with E-state index in [0.29, 0.717) is 12.1 Å². The van der Waals surface area contributed by atoms with Crippen LogP contribution in [-0.4, -0.2) is 44.1 Å². The van der Waals surface area contributed by atoms with Crippen LogP contribution in [0, 0.1) is 11.7 Å². The van der Waals surface area contributed by atoms with Crippen LogP contribution in [0.2, 0.25) is 0 Å². The van der Waals surface area contributed by atoms with Gasteiger partial charge >= 0.3 is 0 Å². The summed E-state index contributed by atoms with van der Waals surface area (Å²) >= 11 is 0. The highest BCUT2D eigenvalue weighted by atomic mass is 19.1. The number of hydrogen-bond donors (Lipinski definition) is 1.